The molecule has 97 heavy (non-hydrogen) atoms. The van der Waals surface area contributed by atoms with Gasteiger partial charge in [0.2, 0.25) is 35.4 Å². The Kier molecular flexibility index (Phi) is 19.6. The Labute approximate surface area is 553 Å². The van der Waals surface area contributed by atoms with Gasteiger partial charge in [0.25, 0.3) is 11.5 Å². The Morgan fingerprint density at radius 2 is 0.866 bits per heavy atom. The molecular formula is C64H69N7O26. The van der Waals surface area contributed by atoms with Crippen LogP contribution in [-0.4, -0.2) is 192 Å². The first-order valence-electron chi connectivity index (χ1n) is 29.1. The molecule has 0 saturated carbocycles. The lowest BCUT2D eigenvalue weighted by atomic mass is 9.73. The van der Waals surface area contributed by atoms with Crippen LogP contribution in [0, 0.1) is 0 Å². The number of imide groups is 2. The number of ether oxygens (including phenoxy) is 12. The Balaban J connectivity index is 0.000000245. The molecule has 0 atom stereocenters. The van der Waals surface area contributed by atoms with Crippen molar-refractivity contribution in [1.82, 2.24) is 25.8 Å². The monoisotopic (exact) mass is 1350 g/mol. The maximum Gasteiger partial charge on any atom is 0.377 e. The van der Waals surface area contributed by atoms with Crippen molar-refractivity contribution in [2.75, 3.05) is 86.9 Å². The van der Waals surface area contributed by atoms with E-state index in [2.05, 4.69) is 16.0 Å². The topological polar surface area (TPSA) is 399 Å². The number of benzene rings is 2. The van der Waals surface area contributed by atoms with E-state index in [4.69, 9.17) is 56.8 Å². The number of para-hydroxylation sites is 2. The van der Waals surface area contributed by atoms with Gasteiger partial charge < -0.3 is 72.8 Å². The molecule has 2 aromatic carbocycles. The smallest absolute Gasteiger partial charge is 0.377 e. The molecule has 33 nitrogen and oxygen atoms in total. The summed E-state index contributed by atoms with van der Waals surface area (Å²) in [5.41, 5.74) is -7.19. The van der Waals surface area contributed by atoms with Crippen LogP contribution in [0.25, 0.3) is 11.1 Å². The summed E-state index contributed by atoms with van der Waals surface area (Å²) < 4.78 is 64.6. The van der Waals surface area contributed by atoms with E-state index in [1.807, 2.05) is 0 Å². The fraction of sp³-hybridized carbons (Fsp3) is 0.406. The number of nitrogens with zero attached hydrogens (tertiary/aromatic N) is 4. The summed E-state index contributed by atoms with van der Waals surface area (Å²) in [5, 5.41) is 8.80. The first-order chi connectivity index (χ1) is 45.5. The average molecular weight is 1350 g/mol. The number of amides is 6. The van der Waals surface area contributed by atoms with Gasteiger partial charge in [-0.05, 0) is 39.8 Å². The van der Waals surface area contributed by atoms with E-state index < -0.39 is 164 Å². The van der Waals surface area contributed by atoms with Gasteiger partial charge in [0.15, 0.2) is 34.2 Å². The van der Waals surface area contributed by atoms with E-state index in [1.165, 1.54) is 63.0 Å². The number of allylic oxidation sites excluding steroid dienone is 1. The molecule has 33 heteroatoms. The number of likely N-dealkylation sites (tertiary alicyclic amines) is 2. The SMILES string of the molecule is C.CCC(=O)C1=C(C(=O)OC)C2(OC(C(=O)OC)=C(C(=O)OC)O2)C2=C(O1)C(C)(C)N(C(=O)CN1C(=O)CCC1=O)c1c(OC)cccc12.COC(=O)C1=C(C(=O)OC)NC2(N1)C(C(=O)OC)=C(C(=O)OC)NC1=C2c2cccc(OC)c2N(C(=O)CN2C(=O)CCC2=O)C1(C)C. The number of fused-ring (bicyclic) bond motifs is 6. The third-order valence-corrected chi connectivity index (χ3v) is 16.8. The minimum Gasteiger partial charge on any atom is -0.495 e. The van der Waals surface area contributed by atoms with E-state index in [0.29, 0.717) is 0 Å². The lowest BCUT2D eigenvalue weighted by Crippen LogP contribution is -2.65. The number of rotatable bonds is 15. The number of hydrogen-bond donors (Lipinski definition) is 3. The Morgan fingerprint density at radius 3 is 1.26 bits per heavy atom. The van der Waals surface area contributed by atoms with Crippen molar-refractivity contribution in [1.29, 1.82) is 0 Å². The largest absolute Gasteiger partial charge is 0.495 e. The average Bonchev–Trinajstić information content (AvgIpc) is 1.68. The number of nitrogens with one attached hydrogen (secondary N) is 3. The van der Waals surface area contributed by atoms with Crippen LogP contribution in [-0.2, 0) is 114 Å². The van der Waals surface area contributed by atoms with Crippen LogP contribution >= 0.6 is 0 Å². The maximum atomic E-state index is 14.3. The van der Waals surface area contributed by atoms with Crippen LogP contribution in [0.3, 0.4) is 0 Å². The molecular weight excluding hydrogens is 1280 g/mol. The van der Waals surface area contributed by atoms with Gasteiger partial charge in [0, 0.05) is 54.5 Å². The number of carbonyl (C=O) groups is 14. The molecule has 2 aromatic rings. The number of methoxy groups -OCH3 is 9. The maximum absolute atomic E-state index is 14.3. The minimum absolute atomic E-state index is 0. The first kappa shape index (κ1) is 71.3. The summed E-state index contributed by atoms with van der Waals surface area (Å²) >= 11 is 0. The Morgan fingerprint density at radius 1 is 0.485 bits per heavy atom. The third-order valence-electron chi connectivity index (χ3n) is 16.8. The highest BCUT2D eigenvalue weighted by Crippen LogP contribution is 2.60. The van der Waals surface area contributed by atoms with Gasteiger partial charge in [0.1, 0.15) is 47.2 Å². The molecule has 0 bridgehead atoms. The highest BCUT2D eigenvalue weighted by Gasteiger charge is 2.67. The molecule has 10 rings (SSSR count). The van der Waals surface area contributed by atoms with E-state index in [1.54, 1.807) is 32.0 Å². The molecule has 8 aliphatic rings. The van der Waals surface area contributed by atoms with Crippen molar-refractivity contribution >= 4 is 106 Å². The van der Waals surface area contributed by atoms with Crippen molar-refractivity contribution < 1.29 is 124 Å². The van der Waals surface area contributed by atoms with Gasteiger partial charge in [-0.2, -0.15) is 0 Å². The van der Waals surface area contributed by atoms with Crippen LogP contribution in [0.1, 0.15) is 85.3 Å². The second-order valence-electron chi connectivity index (χ2n) is 22.6. The van der Waals surface area contributed by atoms with Crippen molar-refractivity contribution in [3.05, 3.63) is 104 Å². The number of hydrogen-bond acceptors (Lipinski definition) is 29. The first-order valence-corrected chi connectivity index (χ1v) is 29.1. The molecule has 3 N–H and O–H groups in total. The van der Waals surface area contributed by atoms with Gasteiger partial charge in [0.05, 0.1) is 86.5 Å². The summed E-state index contributed by atoms with van der Waals surface area (Å²) in [6, 6.07) is 9.28. The number of ketones is 1. The second kappa shape index (κ2) is 26.7. The van der Waals surface area contributed by atoms with Gasteiger partial charge in [-0.1, -0.05) is 38.6 Å². The molecule has 0 unspecified atom stereocenters. The number of anilines is 2. The van der Waals surface area contributed by atoms with Gasteiger partial charge in [-0.3, -0.25) is 53.2 Å². The lowest BCUT2D eigenvalue weighted by Gasteiger charge is -2.52. The molecule has 0 radical (unpaired) electrons. The summed E-state index contributed by atoms with van der Waals surface area (Å²) in [7, 11) is 10.0. The number of Topliss-reactive ketones (excluding diaryl/α,β-unsaturated/α-hetero) is 1. The number of carbonyl (C=O) groups excluding carboxylic acids is 14. The van der Waals surface area contributed by atoms with Crippen LogP contribution < -0.4 is 35.2 Å². The fourth-order valence-electron chi connectivity index (χ4n) is 12.4. The van der Waals surface area contributed by atoms with Crippen molar-refractivity contribution in [2.24, 2.45) is 0 Å². The highest BCUT2D eigenvalue weighted by molar-refractivity contribution is 6.17. The molecule has 2 saturated heterocycles. The predicted molar refractivity (Wildman–Crippen MR) is 327 cm³/mol. The predicted octanol–water partition coefficient (Wildman–Crippen LogP) is 1.38. The lowest BCUT2D eigenvalue weighted by molar-refractivity contribution is -0.156. The fourth-order valence-corrected chi connectivity index (χ4v) is 12.4. The zero-order valence-electron chi connectivity index (χ0n) is 54.3. The summed E-state index contributed by atoms with van der Waals surface area (Å²) in [6.07, 6.45) is -0.372. The normalized spacial score (nSPS) is 18.7. The van der Waals surface area contributed by atoms with E-state index in [-0.39, 0.29) is 96.1 Å². The molecule has 2 spiro atoms. The van der Waals surface area contributed by atoms with E-state index in [0.717, 1.165) is 59.6 Å². The zero-order chi connectivity index (χ0) is 70.6. The Hall–Kier alpha value is -11.5. The quantitative estimate of drug-likeness (QED) is 0.129. The molecule has 0 aliphatic carbocycles. The molecule has 516 valence electrons. The van der Waals surface area contributed by atoms with Gasteiger partial charge >= 0.3 is 47.6 Å². The molecule has 8 heterocycles. The molecule has 6 amide bonds. The minimum atomic E-state index is -2.64. The van der Waals surface area contributed by atoms with Crippen molar-refractivity contribution in [2.45, 2.75) is 96.7 Å². The van der Waals surface area contributed by atoms with Crippen LogP contribution in [0.4, 0.5) is 11.4 Å². The number of dihydropyridines is 1. The summed E-state index contributed by atoms with van der Waals surface area (Å²) in [6.45, 7) is 6.52. The van der Waals surface area contributed by atoms with Gasteiger partial charge in [-0.25, -0.2) is 33.6 Å². The molecule has 8 aliphatic heterocycles. The Bertz CT molecular complexity index is 3740. The standard InChI is InChI=1S/C32H32N2O14.C31H33N5O12.CH4/c1-8-16(35)24-22(28(39)43-5)32(47-25(29(40)44-6)26(48-32)30(41)45-7)21-15-10-9-11-17(42-4)23(15)34(31(2,3)27(21)46-24)20(38)14-33-18(36)12-13-19(33)37;1-30(2)25-19(14-9-8-10-15(44-3)24(14)36(30)18(39)13-35-16(37)11-12-17(35)38)31(20(26(40)45-4)21(32-25)27(41)46-5)33-22(28(42)47-6)23(34-31)29(43)48-7;/h9-11H,8,12-14H2,1-7H3;8-10,32-34H,11-13H2,1-7H3;1H4. The molecule has 2 fully saturated rings. The van der Waals surface area contributed by atoms with Crippen molar-refractivity contribution in [3.8, 4) is 11.5 Å². The third kappa shape index (κ3) is 11.2. The van der Waals surface area contributed by atoms with Gasteiger partial charge in [-0.15, -0.1) is 0 Å². The van der Waals surface area contributed by atoms with E-state index >= 15 is 0 Å². The van der Waals surface area contributed by atoms with Crippen LogP contribution in [0.5, 0.6) is 11.5 Å². The second-order valence-corrected chi connectivity index (χ2v) is 22.6. The van der Waals surface area contributed by atoms with Crippen LogP contribution in [0.2, 0.25) is 0 Å². The van der Waals surface area contributed by atoms with Crippen molar-refractivity contribution in [3.63, 3.8) is 0 Å². The number of esters is 7. The molecule has 0 aromatic heterocycles. The summed E-state index contributed by atoms with van der Waals surface area (Å²) in [4.78, 5) is 189. The zero-order valence-corrected chi connectivity index (χ0v) is 54.3. The highest BCUT2D eigenvalue weighted by atomic mass is 16.8. The summed E-state index contributed by atoms with van der Waals surface area (Å²) in [5.74, 6) is -16.7. The van der Waals surface area contributed by atoms with E-state index in [9.17, 15) is 67.1 Å². The van der Waals surface area contributed by atoms with Crippen LogP contribution in [0.15, 0.2) is 93.4 Å².